The molecular weight excluding hydrogens is 1970 g/mol. The van der Waals surface area contributed by atoms with Crippen LogP contribution in [0.2, 0.25) is 0 Å². The van der Waals surface area contributed by atoms with Gasteiger partial charge in [-0.2, -0.15) is 0 Å². The SMILES string of the molecule is C.C.C.CC(C)(C)C(=O)SCCO[P+](=O)[O-].CC(C)OC(=O)[C@@H](C)NP(=O)(OCCSC(=O)C(C)(C)C)OC[C@H]1O[C@@H](n2ccc(=O)[nH]c2=O)[C@](C)(Cl)[C@@H]1O.CC(C)OC(=O)[C@@H](C)NP(=O)(OCCSC(=O)C(C)(C)C)OC[C@H]1O[C@@H](n2ccc(=O)n(COCc3ccccc3)c2=O)[C@](C)(Cl)[C@@H]1O.CC[NH+](CC)CC.C[C@@]1(Cl)[C@H](O)[C@@H](CO)O[C@H]1n1ccc(=O)n(COCc2ccccc2)c1=O. The number of aromatic nitrogens is 6. The second kappa shape index (κ2) is 59.4. The van der Waals surface area contributed by atoms with Gasteiger partial charge in [-0.3, -0.25) is 75.1 Å². The number of ether oxygens (including phenoxy) is 7. The van der Waals surface area contributed by atoms with Crippen LogP contribution in [0, 0.1) is 16.2 Å². The van der Waals surface area contributed by atoms with E-state index in [0.29, 0.717) is 5.75 Å². The quantitative estimate of drug-likeness (QED) is 0.00780. The first-order valence-electron chi connectivity index (χ1n) is 43.0. The van der Waals surface area contributed by atoms with Gasteiger partial charge < -0.3 is 63.4 Å². The van der Waals surface area contributed by atoms with Gasteiger partial charge in [-0.1, -0.05) is 181 Å². The van der Waals surface area contributed by atoms with Crippen LogP contribution in [0.1, 0.15) is 197 Å². The molecule has 0 radical (unpaired) electrons. The Labute approximate surface area is 830 Å². The first-order chi connectivity index (χ1) is 62.3. The lowest BCUT2D eigenvalue weighted by molar-refractivity contribution is -0.894. The van der Waals surface area contributed by atoms with Gasteiger partial charge in [-0.15, -0.1) is 39.3 Å². The maximum absolute atomic E-state index is 13.8. The Kier molecular flexibility index (Phi) is 56.1. The summed E-state index contributed by atoms with van der Waals surface area (Å²) >= 11 is 22.7. The standard InChI is InChI=1S/C31H45ClN3O11PS.C23H37ClN3O10PS.C18H21ClN2O6.C7H13O4PS.C6H15N.3CH4/c1-20(2)45-26(38)21(3)33-47(41,43-15-16-48-28(39)30(4,5)6)44-18-23-25(37)31(7,32)27(46-23)34-14-13-24(36)35(29(34)40)19-42-17-22-11-9-8-10-12-22;1-13(2)36-18(30)14(3)26-38(33,34-10-11-39-20(31)22(4,5)6)35-12-15-17(29)23(7,24)19(37-15)27-9-8-16(28)25-21(27)32;1-18(19)15(24)13(9-22)27-16(18)20-8-7-14(23)21(17(20)25)11-26-10-12-5-3-2-4-6-12;1-7(2,3)6(8)13-5-4-11-12(9)10;1-4-7(5-2)6-3;;;/h8-14,20-21,23,25,27,37H,15-19H2,1-7H3,(H,33,41);8-9,13-15,17,19,29H,10-12H2,1-7H3,(H,26,33)(H,25,28,32);2-8,13,15-16,22,24H,9-11H2,1H3;4-5H2,1-3H3;4-6H2,1-3H3;3*1H4/p+1/t21-,23-,25-,27-,31-,47?;14-,15-,17-,19-,23-,38?;13-,15-,16-,18-;;;;;/m111...../s1. The summed E-state index contributed by atoms with van der Waals surface area (Å²) in [6.07, 6.45) is -8.14. The van der Waals surface area contributed by atoms with Crippen molar-refractivity contribution in [3.05, 3.63) is 171 Å². The van der Waals surface area contributed by atoms with Crippen molar-refractivity contribution in [3.63, 3.8) is 0 Å². The number of alkyl halides is 3. The molecule has 3 aromatic heterocycles. The number of thioether (sulfide) groups is 3. The predicted octanol–water partition coefficient (Wildman–Crippen LogP) is 9.58. The lowest BCUT2D eigenvalue weighted by Gasteiger charge is -2.27. The molecule has 3 aliphatic heterocycles. The Bertz CT molecular complexity index is 5060. The van der Waals surface area contributed by atoms with Crippen molar-refractivity contribution in [2.75, 3.05) is 76.5 Å². The summed E-state index contributed by atoms with van der Waals surface area (Å²) in [5, 5.41) is 46.4. The fourth-order valence-corrected chi connectivity index (χ4v) is 18.8. The number of hydrogen-bond donors (Lipinski definition) is 8. The van der Waals surface area contributed by atoms with Crippen molar-refractivity contribution in [2.24, 2.45) is 16.2 Å². The molecule has 5 aromatic rings. The van der Waals surface area contributed by atoms with Gasteiger partial charge in [0.25, 0.3) is 16.7 Å². The molecule has 0 amide bonds. The van der Waals surface area contributed by atoms with Crippen molar-refractivity contribution in [3.8, 4) is 0 Å². The number of carbonyl (C=O) groups is 5. The number of rotatable bonds is 41. The lowest BCUT2D eigenvalue weighted by Crippen LogP contribution is -3.11. The number of carbonyl (C=O) groups excluding carboxylic acids is 5. The van der Waals surface area contributed by atoms with Gasteiger partial charge in [0.05, 0.1) is 78.1 Å². The van der Waals surface area contributed by atoms with Crippen molar-refractivity contribution in [2.45, 2.75) is 289 Å². The molecule has 137 heavy (non-hydrogen) atoms. The number of benzene rings is 2. The average Bonchev–Trinajstić information content (AvgIpc) is 1.63. The van der Waals surface area contributed by atoms with Gasteiger partial charge in [0.1, 0.15) is 83.4 Å². The van der Waals surface area contributed by atoms with E-state index in [9.17, 15) is 91.8 Å². The molecular formula is C88H144Cl3N9O31P3S3+. The normalized spacial score (nSPS) is 22.7. The molecule has 2 aromatic carbocycles. The second-order valence-electron chi connectivity index (χ2n) is 35.0. The maximum Gasteiger partial charge on any atom is 0.488 e. The van der Waals surface area contributed by atoms with E-state index < -0.39 is 194 Å². The largest absolute Gasteiger partial charge is 0.566 e. The number of quaternary nitrogens is 1. The molecule has 17 atom stereocenters. The molecule has 780 valence electrons. The van der Waals surface area contributed by atoms with E-state index in [0.717, 1.165) is 81.4 Å². The fraction of sp³-hybridized carbons (Fsp3) is 0.670. The van der Waals surface area contributed by atoms with Gasteiger partial charge in [0, 0.05) is 70.3 Å². The van der Waals surface area contributed by atoms with E-state index in [1.54, 1.807) is 74.1 Å². The van der Waals surface area contributed by atoms with E-state index in [1.807, 2.05) is 81.4 Å². The number of aliphatic hydroxyl groups excluding tert-OH is 4. The third-order valence-electron chi connectivity index (χ3n) is 19.7. The van der Waals surface area contributed by atoms with E-state index in [4.69, 9.17) is 86.1 Å². The van der Waals surface area contributed by atoms with E-state index >= 15 is 0 Å². The van der Waals surface area contributed by atoms with Crippen LogP contribution in [0.15, 0.2) is 126 Å². The number of halogens is 3. The molecule has 0 saturated carbocycles. The fourth-order valence-electron chi connectivity index (χ4n) is 12.0. The summed E-state index contributed by atoms with van der Waals surface area (Å²) in [6, 6.07) is 19.8. The zero-order chi connectivity index (χ0) is 101. The maximum atomic E-state index is 13.8. The average molecular weight is 2120 g/mol. The molecule has 0 aliphatic carbocycles. The van der Waals surface area contributed by atoms with Crippen molar-refractivity contribution in [1.29, 1.82) is 0 Å². The highest BCUT2D eigenvalue weighted by Crippen LogP contribution is 2.51. The van der Waals surface area contributed by atoms with Gasteiger partial charge in [-0.25, -0.2) is 42.8 Å². The zero-order valence-corrected chi connectivity index (χ0v) is 86.7. The van der Waals surface area contributed by atoms with Gasteiger partial charge in [0.2, 0.25) is 0 Å². The molecule has 49 heteroatoms. The third kappa shape index (κ3) is 41.1. The Morgan fingerprint density at radius 2 is 0.847 bits per heavy atom. The molecule has 6 heterocycles. The first kappa shape index (κ1) is 129. The molecule has 3 unspecified atom stereocenters. The summed E-state index contributed by atoms with van der Waals surface area (Å²) in [4.78, 5) is 144. The van der Waals surface area contributed by atoms with Gasteiger partial charge >= 0.3 is 52.8 Å². The van der Waals surface area contributed by atoms with Crippen LogP contribution in [-0.4, -0.2) is 228 Å². The van der Waals surface area contributed by atoms with E-state index in [2.05, 4.69) is 40.5 Å². The Balaban J connectivity index is 0.000000943. The lowest BCUT2D eigenvalue weighted by atomic mass is 9.99. The minimum atomic E-state index is -4.29. The van der Waals surface area contributed by atoms with Crippen LogP contribution in [0.4, 0.5) is 0 Å². The summed E-state index contributed by atoms with van der Waals surface area (Å²) in [5.74, 6) is -0.719. The molecule has 3 fully saturated rings. The Morgan fingerprint density at radius 3 is 1.15 bits per heavy atom. The molecule has 40 nitrogen and oxygen atoms in total. The number of nitrogens with zero attached hydrogens (tertiary/aromatic N) is 5. The Hall–Kier alpha value is -5.81. The zero-order valence-electron chi connectivity index (χ0n) is 79.3. The van der Waals surface area contributed by atoms with Crippen LogP contribution in [0.5, 0.6) is 0 Å². The van der Waals surface area contributed by atoms with Crippen LogP contribution >= 0.6 is 93.8 Å². The number of nitrogens with one attached hydrogen (secondary N) is 4. The van der Waals surface area contributed by atoms with Gasteiger partial charge in [-0.05, 0) is 98.8 Å². The number of hydrogen-bond acceptors (Lipinski definition) is 34. The monoisotopic (exact) mass is 2120 g/mol. The van der Waals surface area contributed by atoms with Crippen molar-refractivity contribution in [1.82, 2.24) is 38.0 Å². The molecule has 3 saturated heterocycles. The van der Waals surface area contributed by atoms with E-state index in [1.165, 1.54) is 78.9 Å². The molecule has 8 rings (SSSR count). The van der Waals surface area contributed by atoms with Crippen molar-refractivity contribution >= 4 is 121 Å². The number of esters is 2. The minimum Gasteiger partial charge on any atom is -0.566 e. The molecule has 0 spiro atoms. The van der Waals surface area contributed by atoms with Crippen LogP contribution in [-0.2, 0) is 120 Å². The summed E-state index contributed by atoms with van der Waals surface area (Å²) in [6.45, 7) is 38.4. The molecule has 3 aliphatic rings. The van der Waals surface area contributed by atoms with Gasteiger partial charge in [0.15, 0.2) is 34.0 Å². The smallest absolute Gasteiger partial charge is 0.488 e. The molecule has 0 bridgehead atoms. The number of aromatic amines is 1. The predicted molar refractivity (Wildman–Crippen MR) is 527 cm³/mol. The minimum absolute atomic E-state index is 0. The van der Waals surface area contributed by atoms with Crippen molar-refractivity contribution < 1.29 is 124 Å². The van der Waals surface area contributed by atoms with E-state index in [-0.39, 0.29) is 101 Å². The second-order valence-corrected chi connectivity index (χ2v) is 44.9. The van der Waals surface area contributed by atoms with Crippen LogP contribution in [0.25, 0.3) is 0 Å². The third-order valence-corrected chi connectivity index (χ3v) is 28.5. The Morgan fingerprint density at radius 1 is 0.526 bits per heavy atom. The van der Waals surface area contributed by atoms with Crippen LogP contribution < -0.4 is 53.7 Å². The highest BCUT2D eigenvalue weighted by molar-refractivity contribution is 8.14. The summed E-state index contributed by atoms with van der Waals surface area (Å²) in [5.41, 5.74) is -3.85. The topological polar surface area (TPSA) is 523 Å². The number of aliphatic hydroxyl groups is 4. The summed E-state index contributed by atoms with van der Waals surface area (Å²) in [7, 11) is -11.3. The highest BCUT2D eigenvalue weighted by atomic mass is 35.5. The molecule has 8 N–H and O–H groups in total. The highest BCUT2D eigenvalue weighted by Gasteiger charge is 2.57. The number of H-pyrrole nitrogens is 1. The first-order valence-corrected chi connectivity index (χ1v) is 51.3. The van der Waals surface area contributed by atoms with Crippen LogP contribution in [0.3, 0.4) is 0 Å². The summed E-state index contributed by atoms with van der Waals surface area (Å²) < 4.78 is 108.